The summed E-state index contributed by atoms with van der Waals surface area (Å²) in [4.78, 5) is 28.8. The maximum absolute atomic E-state index is 12.5. The SMILES string of the molecule is O=C(NS(=O)(=O)c1ccc2[nH]c(=O)[nH]c2c1)C1CC2CNCC1C2. The molecule has 1 saturated heterocycles. The first kappa shape index (κ1) is 15.4. The van der Waals surface area contributed by atoms with Crippen LogP contribution < -0.4 is 15.7 Å². The number of sulfonamides is 1. The number of H-pyrrole nitrogens is 2. The van der Waals surface area contributed by atoms with Gasteiger partial charge in [-0.1, -0.05) is 0 Å². The molecule has 2 aliphatic rings. The lowest BCUT2D eigenvalue weighted by molar-refractivity contribution is -0.124. The first-order valence-electron chi connectivity index (χ1n) is 7.92. The van der Waals surface area contributed by atoms with Gasteiger partial charge in [-0.05, 0) is 56.0 Å². The molecule has 1 aliphatic heterocycles. The molecule has 1 amide bonds. The quantitative estimate of drug-likeness (QED) is 0.616. The van der Waals surface area contributed by atoms with Gasteiger partial charge in [0, 0.05) is 5.92 Å². The number of aromatic nitrogens is 2. The van der Waals surface area contributed by atoms with E-state index in [-0.39, 0.29) is 16.7 Å². The molecule has 2 heterocycles. The Morgan fingerprint density at radius 1 is 1.12 bits per heavy atom. The molecule has 8 nitrogen and oxygen atoms in total. The molecule has 128 valence electrons. The van der Waals surface area contributed by atoms with Crippen LogP contribution in [0.5, 0.6) is 0 Å². The second-order valence-electron chi connectivity index (χ2n) is 6.62. The number of nitrogens with one attached hydrogen (secondary N) is 4. The fraction of sp³-hybridized carbons (Fsp3) is 0.467. The zero-order valence-corrected chi connectivity index (χ0v) is 13.7. The number of fused-ring (bicyclic) bond motifs is 3. The zero-order valence-electron chi connectivity index (χ0n) is 12.8. The molecule has 24 heavy (non-hydrogen) atoms. The van der Waals surface area contributed by atoms with Crippen molar-refractivity contribution in [3.05, 3.63) is 28.7 Å². The van der Waals surface area contributed by atoms with Crippen molar-refractivity contribution >= 4 is 27.0 Å². The summed E-state index contributed by atoms with van der Waals surface area (Å²) >= 11 is 0. The molecular weight excluding hydrogens is 332 g/mol. The molecule has 0 spiro atoms. The first-order chi connectivity index (χ1) is 11.4. The van der Waals surface area contributed by atoms with E-state index in [9.17, 15) is 18.0 Å². The van der Waals surface area contributed by atoms with Gasteiger partial charge in [-0.25, -0.2) is 17.9 Å². The normalized spacial score (nSPS) is 26.6. The zero-order chi connectivity index (χ0) is 16.9. The van der Waals surface area contributed by atoms with E-state index in [1.165, 1.54) is 18.2 Å². The average Bonchev–Trinajstić information content (AvgIpc) is 3.04. The molecule has 9 heteroatoms. The van der Waals surface area contributed by atoms with Gasteiger partial charge in [-0.15, -0.1) is 0 Å². The van der Waals surface area contributed by atoms with Crippen LogP contribution in [-0.4, -0.2) is 37.4 Å². The number of rotatable bonds is 3. The number of carbonyl (C=O) groups is 1. The van der Waals surface area contributed by atoms with E-state index in [4.69, 9.17) is 0 Å². The van der Waals surface area contributed by atoms with Gasteiger partial charge in [0.25, 0.3) is 10.0 Å². The minimum atomic E-state index is -3.96. The number of hydrogen-bond donors (Lipinski definition) is 4. The second kappa shape index (κ2) is 5.45. The molecule has 1 aromatic carbocycles. The van der Waals surface area contributed by atoms with Crippen molar-refractivity contribution in [2.75, 3.05) is 13.1 Å². The summed E-state index contributed by atoms with van der Waals surface area (Å²) in [7, 11) is -3.96. The molecule has 1 aliphatic carbocycles. The topological polar surface area (TPSA) is 124 Å². The number of carbonyl (C=O) groups excluding carboxylic acids is 1. The monoisotopic (exact) mass is 350 g/mol. The van der Waals surface area contributed by atoms with Crippen LogP contribution in [0.3, 0.4) is 0 Å². The van der Waals surface area contributed by atoms with Crippen LogP contribution in [0.25, 0.3) is 11.0 Å². The van der Waals surface area contributed by atoms with E-state index >= 15 is 0 Å². The van der Waals surface area contributed by atoms with Gasteiger partial charge in [-0.3, -0.25) is 4.79 Å². The van der Waals surface area contributed by atoms with Gasteiger partial charge in [0.2, 0.25) is 5.91 Å². The summed E-state index contributed by atoms with van der Waals surface area (Å²) in [6, 6.07) is 4.21. The summed E-state index contributed by atoms with van der Waals surface area (Å²) in [6.07, 6.45) is 1.70. The molecule has 1 saturated carbocycles. The maximum Gasteiger partial charge on any atom is 0.323 e. The summed E-state index contributed by atoms with van der Waals surface area (Å²) in [5.41, 5.74) is 0.492. The Hall–Kier alpha value is -2.13. The molecule has 4 rings (SSSR count). The predicted molar refractivity (Wildman–Crippen MR) is 86.8 cm³/mol. The Kier molecular flexibility index (Phi) is 3.50. The number of imidazole rings is 1. The predicted octanol–water partition coefficient (Wildman–Crippen LogP) is -0.0933. The maximum atomic E-state index is 12.5. The number of amides is 1. The number of benzene rings is 1. The second-order valence-corrected chi connectivity index (χ2v) is 8.30. The highest BCUT2D eigenvalue weighted by atomic mass is 32.2. The lowest BCUT2D eigenvalue weighted by atomic mass is 9.95. The Balaban J connectivity index is 1.57. The number of hydrogen-bond acceptors (Lipinski definition) is 5. The Labute approximate surface area is 138 Å². The third kappa shape index (κ3) is 2.63. The smallest absolute Gasteiger partial charge is 0.316 e. The van der Waals surface area contributed by atoms with Crippen molar-refractivity contribution in [3.63, 3.8) is 0 Å². The summed E-state index contributed by atoms with van der Waals surface area (Å²) in [5.74, 6) is -0.0598. The third-order valence-electron chi connectivity index (χ3n) is 5.00. The van der Waals surface area contributed by atoms with Crippen molar-refractivity contribution in [1.29, 1.82) is 0 Å². The number of aromatic amines is 2. The molecule has 0 radical (unpaired) electrons. The van der Waals surface area contributed by atoms with Crippen LogP contribution in [0.4, 0.5) is 0 Å². The van der Waals surface area contributed by atoms with E-state index in [0.29, 0.717) is 17.0 Å². The van der Waals surface area contributed by atoms with Crippen molar-refractivity contribution in [2.24, 2.45) is 17.8 Å². The Morgan fingerprint density at radius 3 is 2.71 bits per heavy atom. The van der Waals surface area contributed by atoms with Crippen LogP contribution in [0.15, 0.2) is 27.9 Å². The van der Waals surface area contributed by atoms with Crippen molar-refractivity contribution in [2.45, 2.75) is 17.7 Å². The molecular formula is C15H18N4O4S. The number of piperidine rings is 1. The molecule has 3 atom stereocenters. The van der Waals surface area contributed by atoms with E-state index in [1.807, 2.05) is 0 Å². The van der Waals surface area contributed by atoms with Gasteiger partial charge in [0.05, 0.1) is 15.9 Å². The highest BCUT2D eigenvalue weighted by Crippen LogP contribution is 2.38. The van der Waals surface area contributed by atoms with Gasteiger partial charge in [0.15, 0.2) is 0 Å². The fourth-order valence-electron chi connectivity index (χ4n) is 3.87. The molecule has 2 fully saturated rings. The largest absolute Gasteiger partial charge is 0.323 e. The lowest BCUT2D eigenvalue weighted by Crippen LogP contribution is -2.39. The molecule has 2 bridgehead atoms. The highest BCUT2D eigenvalue weighted by molar-refractivity contribution is 7.90. The highest BCUT2D eigenvalue weighted by Gasteiger charge is 2.41. The van der Waals surface area contributed by atoms with Crippen LogP contribution in [-0.2, 0) is 14.8 Å². The molecule has 3 unspecified atom stereocenters. The van der Waals surface area contributed by atoms with Crippen LogP contribution in [0, 0.1) is 17.8 Å². The van der Waals surface area contributed by atoms with Crippen LogP contribution in [0.2, 0.25) is 0 Å². The summed E-state index contributed by atoms with van der Waals surface area (Å²) < 4.78 is 27.2. The van der Waals surface area contributed by atoms with E-state index in [0.717, 1.165) is 25.9 Å². The third-order valence-corrected chi connectivity index (χ3v) is 6.35. The minimum Gasteiger partial charge on any atom is -0.316 e. The summed E-state index contributed by atoms with van der Waals surface area (Å²) in [6.45, 7) is 1.65. The minimum absolute atomic E-state index is 0.0438. The van der Waals surface area contributed by atoms with Crippen molar-refractivity contribution < 1.29 is 13.2 Å². The van der Waals surface area contributed by atoms with Crippen molar-refractivity contribution in [3.8, 4) is 0 Å². The Morgan fingerprint density at radius 2 is 1.92 bits per heavy atom. The van der Waals surface area contributed by atoms with Gasteiger partial charge in [0.1, 0.15) is 0 Å². The van der Waals surface area contributed by atoms with Crippen molar-refractivity contribution in [1.82, 2.24) is 20.0 Å². The lowest BCUT2D eigenvalue weighted by Gasteiger charge is -2.21. The molecule has 4 N–H and O–H groups in total. The van der Waals surface area contributed by atoms with Gasteiger partial charge in [-0.2, -0.15) is 0 Å². The van der Waals surface area contributed by atoms with E-state index in [2.05, 4.69) is 20.0 Å². The Bertz CT molecular complexity index is 961. The first-order valence-corrected chi connectivity index (χ1v) is 9.40. The standard InChI is InChI=1S/C15H18N4O4S/c20-14(11-4-8-3-9(11)7-16-6-8)19-24(22,23)10-1-2-12-13(5-10)18-15(21)17-12/h1-2,5,8-9,11,16H,3-4,6-7H2,(H,19,20)(H2,17,18,21). The van der Waals surface area contributed by atoms with Crippen LogP contribution >= 0.6 is 0 Å². The van der Waals surface area contributed by atoms with Gasteiger partial charge < -0.3 is 15.3 Å². The fourth-order valence-corrected chi connectivity index (χ4v) is 4.93. The molecule has 2 aromatic rings. The van der Waals surface area contributed by atoms with E-state index in [1.54, 1.807) is 0 Å². The van der Waals surface area contributed by atoms with Gasteiger partial charge >= 0.3 is 5.69 Å². The van der Waals surface area contributed by atoms with Crippen LogP contribution in [0.1, 0.15) is 12.8 Å². The molecule has 1 aromatic heterocycles. The summed E-state index contributed by atoms with van der Waals surface area (Å²) in [5, 5.41) is 3.28. The average molecular weight is 350 g/mol. The van der Waals surface area contributed by atoms with E-state index < -0.39 is 21.6 Å².